The number of fused-ring (bicyclic) bond motifs is 1. The minimum Gasteiger partial charge on any atom is -0.370 e. The van der Waals surface area contributed by atoms with Crippen molar-refractivity contribution in [2.24, 2.45) is 10.7 Å². The van der Waals surface area contributed by atoms with Crippen LogP contribution < -0.4 is 5.73 Å². The van der Waals surface area contributed by atoms with E-state index in [0.29, 0.717) is 5.96 Å². The van der Waals surface area contributed by atoms with Gasteiger partial charge in [-0.05, 0) is 22.4 Å². The van der Waals surface area contributed by atoms with Gasteiger partial charge in [0.25, 0.3) is 0 Å². The standard InChI is InChI=1S/C14H15N3/c15-14-16-7-8-17(14)10-11-5-6-12-3-1-2-4-13(12)9-11/h1-6,9H,7-8,10H2,(H2,15,16). The molecule has 2 aromatic rings. The van der Waals surface area contributed by atoms with Crippen molar-refractivity contribution < 1.29 is 0 Å². The number of hydrogen-bond donors (Lipinski definition) is 1. The maximum atomic E-state index is 5.82. The van der Waals surface area contributed by atoms with Crippen LogP contribution in [-0.4, -0.2) is 23.9 Å². The minimum atomic E-state index is 0.665. The SMILES string of the molecule is NC1=NCCN1Cc1ccc2ccccc2c1. The third-order valence-electron chi connectivity index (χ3n) is 3.16. The van der Waals surface area contributed by atoms with Crippen LogP contribution in [0.1, 0.15) is 5.56 Å². The molecule has 1 aliphatic heterocycles. The van der Waals surface area contributed by atoms with E-state index >= 15 is 0 Å². The van der Waals surface area contributed by atoms with Gasteiger partial charge in [0.15, 0.2) is 5.96 Å². The van der Waals surface area contributed by atoms with E-state index in [1.165, 1.54) is 16.3 Å². The third kappa shape index (κ3) is 1.96. The molecular weight excluding hydrogens is 210 g/mol. The summed E-state index contributed by atoms with van der Waals surface area (Å²) >= 11 is 0. The highest BCUT2D eigenvalue weighted by Crippen LogP contribution is 2.17. The molecular formula is C14H15N3. The molecule has 0 saturated carbocycles. The van der Waals surface area contributed by atoms with Gasteiger partial charge in [-0.3, -0.25) is 4.99 Å². The number of hydrogen-bond acceptors (Lipinski definition) is 3. The topological polar surface area (TPSA) is 41.6 Å². The van der Waals surface area contributed by atoms with Gasteiger partial charge >= 0.3 is 0 Å². The Morgan fingerprint density at radius 3 is 2.71 bits per heavy atom. The maximum absolute atomic E-state index is 5.82. The number of guanidine groups is 1. The molecule has 3 nitrogen and oxygen atoms in total. The van der Waals surface area contributed by atoms with Crippen molar-refractivity contribution in [2.45, 2.75) is 6.54 Å². The van der Waals surface area contributed by atoms with Gasteiger partial charge in [-0.25, -0.2) is 0 Å². The molecule has 3 rings (SSSR count). The Balaban J connectivity index is 1.88. The monoisotopic (exact) mass is 225 g/mol. The molecule has 0 saturated heterocycles. The van der Waals surface area contributed by atoms with Crippen LogP contribution in [0.15, 0.2) is 47.5 Å². The lowest BCUT2D eigenvalue weighted by atomic mass is 10.1. The summed E-state index contributed by atoms with van der Waals surface area (Å²) in [5.41, 5.74) is 7.10. The minimum absolute atomic E-state index is 0.665. The Morgan fingerprint density at radius 2 is 1.94 bits per heavy atom. The van der Waals surface area contributed by atoms with Gasteiger partial charge in [-0.1, -0.05) is 36.4 Å². The van der Waals surface area contributed by atoms with Gasteiger partial charge in [-0.15, -0.1) is 0 Å². The first kappa shape index (κ1) is 10.1. The van der Waals surface area contributed by atoms with E-state index in [0.717, 1.165) is 19.6 Å². The summed E-state index contributed by atoms with van der Waals surface area (Å²) in [7, 11) is 0. The molecule has 0 bridgehead atoms. The van der Waals surface area contributed by atoms with E-state index in [-0.39, 0.29) is 0 Å². The van der Waals surface area contributed by atoms with Gasteiger partial charge in [0.05, 0.1) is 6.54 Å². The molecule has 0 spiro atoms. The van der Waals surface area contributed by atoms with Crippen LogP contribution in [0.5, 0.6) is 0 Å². The van der Waals surface area contributed by atoms with Gasteiger partial charge in [0.2, 0.25) is 0 Å². The Kier molecular flexibility index (Phi) is 2.44. The van der Waals surface area contributed by atoms with Gasteiger partial charge in [0.1, 0.15) is 0 Å². The summed E-state index contributed by atoms with van der Waals surface area (Å²) in [4.78, 5) is 6.31. The molecule has 86 valence electrons. The molecule has 0 unspecified atom stereocenters. The number of rotatable bonds is 2. The van der Waals surface area contributed by atoms with Gasteiger partial charge in [-0.2, -0.15) is 0 Å². The second-order valence-corrected chi connectivity index (χ2v) is 4.34. The predicted molar refractivity (Wildman–Crippen MR) is 70.8 cm³/mol. The zero-order valence-corrected chi connectivity index (χ0v) is 9.63. The molecule has 0 radical (unpaired) electrons. The molecule has 3 heteroatoms. The van der Waals surface area contributed by atoms with Crippen molar-refractivity contribution >= 4 is 16.7 Å². The van der Waals surface area contributed by atoms with Crippen LogP contribution in [0.2, 0.25) is 0 Å². The molecule has 1 heterocycles. The average Bonchev–Trinajstić information content (AvgIpc) is 2.75. The summed E-state index contributed by atoms with van der Waals surface area (Å²) in [6.45, 7) is 2.60. The second kappa shape index (κ2) is 4.09. The molecule has 1 aliphatic rings. The van der Waals surface area contributed by atoms with Crippen molar-refractivity contribution in [3.05, 3.63) is 48.0 Å². The molecule has 0 amide bonds. The summed E-state index contributed by atoms with van der Waals surface area (Å²) in [5.74, 6) is 0.665. The number of nitrogens with two attached hydrogens (primary N) is 1. The zero-order valence-electron chi connectivity index (χ0n) is 9.63. The summed E-state index contributed by atoms with van der Waals surface area (Å²) < 4.78 is 0. The van der Waals surface area contributed by atoms with Crippen LogP contribution in [0, 0.1) is 0 Å². The fourth-order valence-corrected chi connectivity index (χ4v) is 2.22. The first-order valence-corrected chi connectivity index (χ1v) is 5.85. The lowest BCUT2D eigenvalue weighted by molar-refractivity contribution is 0.448. The van der Waals surface area contributed by atoms with Crippen LogP contribution in [0.4, 0.5) is 0 Å². The van der Waals surface area contributed by atoms with E-state index < -0.39 is 0 Å². The number of benzene rings is 2. The fourth-order valence-electron chi connectivity index (χ4n) is 2.22. The lowest BCUT2D eigenvalue weighted by Crippen LogP contribution is -2.33. The third-order valence-corrected chi connectivity index (χ3v) is 3.16. The highest BCUT2D eigenvalue weighted by Gasteiger charge is 2.13. The van der Waals surface area contributed by atoms with Crippen molar-refractivity contribution in [3.8, 4) is 0 Å². The highest BCUT2D eigenvalue weighted by molar-refractivity contribution is 5.83. The van der Waals surface area contributed by atoms with Crippen molar-refractivity contribution in [3.63, 3.8) is 0 Å². The van der Waals surface area contributed by atoms with Crippen LogP contribution in [-0.2, 0) is 6.54 Å². The fraction of sp³-hybridized carbons (Fsp3) is 0.214. The Bertz CT molecular complexity index is 574. The predicted octanol–water partition coefficient (Wildman–Crippen LogP) is 1.97. The molecule has 2 aromatic carbocycles. The smallest absolute Gasteiger partial charge is 0.191 e. The molecule has 17 heavy (non-hydrogen) atoms. The van der Waals surface area contributed by atoms with E-state index in [9.17, 15) is 0 Å². The van der Waals surface area contributed by atoms with Gasteiger partial charge in [0, 0.05) is 13.1 Å². The first-order chi connectivity index (χ1) is 8.33. The van der Waals surface area contributed by atoms with Crippen LogP contribution in [0.25, 0.3) is 10.8 Å². The Labute approximate surface area is 101 Å². The number of nitrogens with zero attached hydrogens (tertiary/aromatic N) is 2. The number of aliphatic imine (C=N–C) groups is 1. The molecule has 0 aromatic heterocycles. The second-order valence-electron chi connectivity index (χ2n) is 4.34. The van der Waals surface area contributed by atoms with Crippen molar-refractivity contribution in [1.29, 1.82) is 0 Å². The molecule has 0 fully saturated rings. The quantitative estimate of drug-likeness (QED) is 0.849. The average molecular weight is 225 g/mol. The van der Waals surface area contributed by atoms with Crippen molar-refractivity contribution in [1.82, 2.24) is 4.90 Å². The normalized spacial score (nSPS) is 15.3. The van der Waals surface area contributed by atoms with E-state index in [2.05, 4.69) is 52.4 Å². The highest BCUT2D eigenvalue weighted by atomic mass is 15.3. The molecule has 0 aliphatic carbocycles. The van der Waals surface area contributed by atoms with Crippen molar-refractivity contribution in [2.75, 3.05) is 13.1 Å². The molecule has 0 atom stereocenters. The lowest BCUT2D eigenvalue weighted by Gasteiger charge is -2.17. The first-order valence-electron chi connectivity index (χ1n) is 5.85. The largest absolute Gasteiger partial charge is 0.370 e. The molecule has 2 N–H and O–H groups in total. The Morgan fingerprint density at radius 1 is 1.12 bits per heavy atom. The van der Waals surface area contributed by atoms with E-state index in [1.807, 2.05) is 0 Å². The van der Waals surface area contributed by atoms with Crippen LogP contribution >= 0.6 is 0 Å². The summed E-state index contributed by atoms with van der Waals surface area (Å²) in [6, 6.07) is 14.9. The van der Waals surface area contributed by atoms with Crippen LogP contribution in [0.3, 0.4) is 0 Å². The van der Waals surface area contributed by atoms with E-state index in [4.69, 9.17) is 5.73 Å². The summed E-state index contributed by atoms with van der Waals surface area (Å²) in [5, 5.41) is 2.55. The Hall–Kier alpha value is -2.03. The zero-order chi connectivity index (χ0) is 11.7. The maximum Gasteiger partial charge on any atom is 0.191 e. The summed E-state index contributed by atoms with van der Waals surface area (Å²) in [6.07, 6.45) is 0. The van der Waals surface area contributed by atoms with Gasteiger partial charge < -0.3 is 10.6 Å². The van der Waals surface area contributed by atoms with E-state index in [1.54, 1.807) is 0 Å².